The van der Waals surface area contributed by atoms with E-state index in [9.17, 15) is 4.79 Å². The molecule has 1 aliphatic rings. The first-order chi connectivity index (χ1) is 13.2. The number of ether oxygens (including phenoxy) is 3. The first kappa shape index (κ1) is 18.5. The van der Waals surface area contributed by atoms with E-state index in [0.717, 1.165) is 12.8 Å². The highest BCUT2D eigenvalue weighted by atomic mass is 16.5. The summed E-state index contributed by atoms with van der Waals surface area (Å²) in [4.78, 5) is 22.2. The van der Waals surface area contributed by atoms with Crippen LogP contribution in [0.2, 0.25) is 0 Å². The molecule has 1 atom stereocenters. The first-order valence-electron chi connectivity index (χ1n) is 8.62. The number of hydrogen-bond acceptors (Lipinski definition) is 7. The van der Waals surface area contributed by atoms with Gasteiger partial charge in [-0.15, -0.1) is 0 Å². The molecule has 1 aliphatic heterocycles. The van der Waals surface area contributed by atoms with Crippen molar-refractivity contribution in [3.8, 4) is 23.4 Å². The zero-order valence-electron chi connectivity index (χ0n) is 15.0. The minimum absolute atomic E-state index is 0.0610. The zero-order valence-corrected chi connectivity index (χ0v) is 15.0. The maximum absolute atomic E-state index is 12.5. The highest BCUT2D eigenvalue weighted by molar-refractivity contribution is 5.78. The van der Waals surface area contributed by atoms with Crippen molar-refractivity contribution in [3.63, 3.8) is 0 Å². The molecule has 1 saturated heterocycles. The van der Waals surface area contributed by atoms with Gasteiger partial charge in [0.2, 0.25) is 5.69 Å². The molecule has 0 saturated carbocycles. The number of likely N-dealkylation sites (tertiary alicyclic amines) is 1. The Kier molecular flexibility index (Phi) is 6.05. The summed E-state index contributed by atoms with van der Waals surface area (Å²) in [6.45, 7) is 1.00. The van der Waals surface area contributed by atoms with Gasteiger partial charge in [-0.3, -0.25) is 4.79 Å². The number of piperidine rings is 1. The van der Waals surface area contributed by atoms with E-state index in [1.807, 2.05) is 12.1 Å². The van der Waals surface area contributed by atoms with E-state index in [-0.39, 0.29) is 30.2 Å². The molecule has 0 radical (unpaired) electrons. The molecular weight excluding hydrogens is 348 g/mol. The fourth-order valence-corrected chi connectivity index (χ4v) is 2.83. The Bertz CT molecular complexity index is 836. The number of aromatic nitrogens is 2. The zero-order chi connectivity index (χ0) is 19.1. The van der Waals surface area contributed by atoms with Gasteiger partial charge in [-0.1, -0.05) is 6.07 Å². The molecule has 1 unspecified atom stereocenters. The molecule has 1 aromatic carbocycles. The van der Waals surface area contributed by atoms with Crippen molar-refractivity contribution >= 4 is 5.91 Å². The largest absolute Gasteiger partial charge is 0.497 e. The Balaban J connectivity index is 1.55. The van der Waals surface area contributed by atoms with E-state index in [4.69, 9.17) is 19.5 Å². The third-order valence-corrected chi connectivity index (χ3v) is 4.18. The quantitative estimate of drug-likeness (QED) is 0.767. The molecule has 1 fully saturated rings. The third-order valence-electron chi connectivity index (χ3n) is 4.18. The molecule has 0 N–H and O–H groups in total. The normalized spacial score (nSPS) is 16.3. The highest BCUT2D eigenvalue weighted by Crippen LogP contribution is 2.20. The van der Waals surface area contributed by atoms with Gasteiger partial charge in [0.25, 0.3) is 11.8 Å². The molecule has 27 heavy (non-hydrogen) atoms. The van der Waals surface area contributed by atoms with E-state index in [1.54, 1.807) is 30.2 Å². The van der Waals surface area contributed by atoms with E-state index in [1.165, 1.54) is 12.4 Å². The van der Waals surface area contributed by atoms with Gasteiger partial charge in [0.1, 0.15) is 23.7 Å². The molecule has 2 aromatic rings. The lowest BCUT2D eigenvalue weighted by molar-refractivity contribution is -0.136. The number of methoxy groups -OCH3 is 1. The van der Waals surface area contributed by atoms with Crippen LogP contribution in [0, 0.1) is 11.3 Å². The number of nitrogens with zero attached hydrogens (tertiary/aromatic N) is 4. The van der Waals surface area contributed by atoms with E-state index in [2.05, 4.69) is 9.97 Å². The number of carbonyl (C=O) groups is 1. The third kappa shape index (κ3) is 4.85. The topological polar surface area (TPSA) is 97.6 Å². The minimum atomic E-state index is -0.233. The van der Waals surface area contributed by atoms with Crippen molar-refractivity contribution in [2.24, 2.45) is 0 Å². The van der Waals surface area contributed by atoms with Crippen LogP contribution < -0.4 is 14.2 Å². The Morgan fingerprint density at radius 1 is 1.33 bits per heavy atom. The van der Waals surface area contributed by atoms with Crippen LogP contribution in [0.1, 0.15) is 18.5 Å². The van der Waals surface area contributed by atoms with Gasteiger partial charge < -0.3 is 19.1 Å². The minimum Gasteiger partial charge on any atom is -0.497 e. The summed E-state index contributed by atoms with van der Waals surface area (Å²) in [5.74, 6) is 1.33. The van der Waals surface area contributed by atoms with Gasteiger partial charge in [0, 0.05) is 25.0 Å². The average molecular weight is 368 g/mol. The van der Waals surface area contributed by atoms with Crippen LogP contribution in [0.15, 0.2) is 36.7 Å². The summed E-state index contributed by atoms with van der Waals surface area (Å²) in [7, 11) is 1.58. The molecule has 0 aliphatic carbocycles. The van der Waals surface area contributed by atoms with Gasteiger partial charge in [0.15, 0.2) is 6.61 Å². The monoisotopic (exact) mass is 368 g/mol. The lowest BCUT2D eigenvalue weighted by Crippen LogP contribution is -2.46. The van der Waals surface area contributed by atoms with Crippen LogP contribution in [0.25, 0.3) is 0 Å². The Morgan fingerprint density at radius 2 is 2.15 bits per heavy atom. The van der Waals surface area contributed by atoms with Crippen LogP contribution in [-0.4, -0.2) is 53.7 Å². The SMILES string of the molecule is COc1cccc(OCC(=O)N2CCCC(Oc3nccnc3C#N)C2)c1. The van der Waals surface area contributed by atoms with E-state index < -0.39 is 0 Å². The fraction of sp³-hybridized carbons (Fsp3) is 0.368. The maximum atomic E-state index is 12.5. The van der Waals surface area contributed by atoms with Crippen LogP contribution in [-0.2, 0) is 4.79 Å². The predicted molar refractivity (Wildman–Crippen MR) is 95.5 cm³/mol. The van der Waals surface area contributed by atoms with Crippen molar-refractivity contribution < 1.29 is 19.0 Å². The first-order valence-corrected chi connectivity index (χ1v) is 8.62. The summed E-state index contributed by atoms with van der Waals surface area (Å²) < 4.78 is 16.5. The van der Waals surface area contributed by atoms with Crippen molar-refractivity contribution in [3.05, 3.63) is 42.4 Å². The average Bonchev–Trinajstić information content (AvgIpc) is 2.72. The summed E-state index contributed by atoms with van der Waals surface area (Å²) >= 11 is 0. The van der Waals surface area contributed by atoms with E-state index >= 15 is 0 Å². The van der Waals surface area contributed by atoms with Crippen molar-refractivity contribution in [2.45, 2.75) is 18.9 Å². The molecular formula is C19H20N4O4. The molecule has 8 nitrogen and oxygen atoms in total. The molecule has 1 amide bonds. The molecule has 0 spiro atoms. The summed E-state index contributed by atoms with van der Waals surface area (Å²) in [6.07, 6.45) is 4.27. The van der Waals surface area contributed by atoms with Crippen LogP contribution >= 0.6 is 0 Å². The molecule has 8 heteroatoms. The number of hydrogen-bond donors (Lipinski definition) is 0. The fourth-order valence-electron chi connectivity index (χ4n) is 2.83. The van der Waals surface area contributed by atoms with Crippen molar-refractivity contribution in [2.75, 3.05) is 26.8 Å². The van der Waals surface area contributed by atoms with Gasteiger partial charge in [-0.05, 0) is 25.0 Å². The van der Waals surface area contributed by atoms with Crippen molar-refractivity contribution in [1.82, 2.24) is 14.9 Å². The Labute approximate surface area is 157 Å². The smallest absolute Gasteiger partial charge is 0.260 e. The summed E-state index contributed by atoms with van der Waals surface area (Å²) in [5.41, 5.74) is 0.141. The van der Waals surface area contributed by atoms with Crippen LogP contribution in [0.4, 0.5) is 0 Å². The number of rotatable bonds is 6. The molecule has 2 heterocycles. The number of amides is 1. The number of carbonyl (C=O) groups excluding carboxylic acids is 1. The van der Waals surface area contributed by atoms with Crippen LogP contribution in [0.5, 0.6) is 17.4 Å². The lowest BCUT2D eigenvalue weighted by Gasteiger charge is -2.32. The molecule has 140 valence electrons. The summed E-state index contributed by atoms with van der Waals surface area (Å²) in [6, 6.07) is 9.07. The molecule has 1 aromatic heterocycles. The Morgan fingerprint density at radius 3 is 2.96 bits per heavy atom. The predicted octanol–water partition coefficient (Wildman–Crippen LogP) is 1.81. The van der Waals surface area contributed by atoms with Gasteiger partial charge in [0.05, 0.1) is 13.7 Å². The van der Waals surface area contributed by atoms with Gasteiger partial charge in [-0.2, -0.15) is 5.26 Å². The molecule has 3 rings (SSSR count). The van der Waals surface area contributed by atoms with Crippen LogP contribution in [0.3, 0.4) is 0 Å². The van der Waals surface area contributed by atoms with Gasteiger partial charge >= 0.3 is 0 Å². The number of nitriles is 1. The summed E-state index contributed by atoms with van der Waals surface area (Å²) in [5, 5.41) is 9.08. The molecule has 0 bridgehead atoms. The highest BCUT2D eigenvalue weighted by Gasteiger charge is 2.26. The Hall–Kier alpha value is -3.34. The second-order valence-corrected chi connectivity index (χ2v) is 6.01. The second kappa shape index (κ2) is 8.85. The lowest BCUT2D eigenvalue weighted by atomic mass is 10.1. The standard InChI is InChI=1S/C19H20N4O4/c1-25-14-4-2-5-15(10-14)26-13-18(24)23-9-3-6-16(12-23)27-19-17(11-20)21-7-8-22-19/h2,4-5,7-8,10,16H,3,6,9,12-13H2,1H3. The second-order valence-electron chi connectivity index (χ2n) is 6.01. The number of benzene rings is 1. The maximum Gasteiger partial charge on any atom is 0.260 e. The van der Waals surface area contributed by atoms with E-state index in [0.29, 0.717) is 24.6 Å². The van der Waals surface area contributed by atoms with Gasteiger partial charge in [-0.25, -0.2) is 9.97 Å². The van der Waals surface area contributed by atoms with Crippen molar-refractivity contribution in [1.29, 1.82) is 5.26 Å².